The number of hydrogen-bond acceptors (Lipinski definition) is 0. The van der Waals surface area contributed by atoms with Crippen molar-refractivity contribution >= 4 is 10.7 Å². The molecule has 0 aliphatic heterocycles. The second-order valence-electron chi connectivity index (χ2n) is 2.74. The van der Waals surface area contributed by atoms with E-state index in [9.17, 15) is 28.7 Å². The first-order valence-electron chi connectivity index (χ1n) is 3.54. The molecule has 0 saturated heterocycles. The largest absolute Gasteiger partial charge is 0.417 e. The van der Waals surface area contributed by atoms with Crippen molar-refractivity contribution in [3.8, 4) is 0 Å². The summed E-state index contributed by atoms with van der Waals surface area (Å²) in [5, 5.41) is 0. The first-order chi connectivity index (χ1) is 6.49. The van der Waals surface area contributed by atoms with Crippen LogP contribution in [0.5, 0.6) is 0 Å². The van der Waals surface area contributed by atoms with Crippen LogP contribution in [0.4, 0.5) is 28.7 Å². The smallest absolute Gasteiger partial charge is 0.166 e. The molecule has 0 atom stereocenters. The van der Waals surface area contributed by atoms with Gasteiger partial charge in [0.1, 0.15) is 0 Å². The van der Waals surface area contributed by atoms with Crippen LogP contribution in [0.15, 0.2) is 29.2 Å². The third-order valence-electron chi connectivity index (χ3n) is 1.57. The molecule has 0 fully saturated rings. The zero-order valence-electron chi connectivity index (χ0n) is 6.90. The van der Waals surface area contributed by atoms with Gasteiger partial charge in [0, 0.05) is 0 Å². The van der Waals surface area contributed by atoms with Crippen molar-refractivity contribution in [2.24, 2.45) is 0 Å². The van der Waals surface area contributed by atoms with Gasteiger partial charge in [-0.15, -0.1) is 15.5 Å². The average Bonchev–Trinajstić information content (AvgIpc) is 2.00. The first-order valence-corrected chi connectivity index (χ1v) is 5.34. The number of hydrogen-bond donors (Lipinski definition) is 1. The first kappa shape index (κ1) is 12.2. The van der Waals surface area contributed by atoms with Crippen LogP contribution < -0.4 is 0 Å². The summed E-state index contributed by atoms with van der Waals surface area (Å²) in [7, 11) is -8.38. The van der Waals surface area contributed by atoms with E-state index < -0.39 is 27.3 Å². The summed E-state index contributed by atoms with van der Waals surface area (Å²) < 4.78 is 85.2. The van der Waals surface area contributed by atoms with E-state index in [0.29, 0.717) is 6.07 Å². The van der Waals surface area contributed by atoms with Crippen molar-refractivity contribution in [3.05, 3.63) is 29.8 Å². The molecule has 88 valence electrons. The van der Waals surface area contributed by atoms with Gasteiger partial charge in [0.2, 0.25) is 0 Å². The van der Waals surface area contributed by atoms with Crippen molar-refractivity contribution < 1.29 is 28.7 Å². The lowest BCUT2D eigenvalue weighted by Crippen LogP contribution is -2.10. The van der Waals surface area contributed by atoms with Gasteiger partial charge in [-0.05, 0) is 12.1 Å². The lowest BCUT2D eigenvalue weighted by atomic mass is 10.2. The molecule has 0 heterocycles. The van der Waals surface area contributed by atoms with E-state index >= 15 is 0 Å². The summed E-state index contributed by atoms with van der Waals surface area (Å²) in [5.41, 5.74) is -1.99. The summed E-state index contributed by atoms with van der Waals surface area (Å²) in [4.78, 5) is -2.21. The highest BCUT2D eigenvalue weighted by Crippen LogP contribution is 2.83. The van der Waals surface area contributed by atoms with Crippen LogP contribution >= 0.6 is 10.7 Å². The number of rotatable bonds is 1. The fourth-order valence-corrected chi connectivity index (χ4v) is 1.89. The highest BCUT2D eigenvalue weighted by atomic mass is 32.4. The molecule has 0 aliphatic carbocycles. The molecule has 8 heteroatoms. The van der Waals surface area contributed by atoms with Gasteiger partial charge in [0.25, 0.3) is 0 Å². The summed E-state index contributed by atoms with van der Waals surface area (Å²) in [6.45, 7) is 0. The monoisotopic (exact) mass is 254 g/mol. The minimum atomic E-state index is -8.38. The maximum Gasteiger partial charge on any atom is 0.417 e. The molecule has 0 N–H and O–H groups in total. The predicted molar refractivity (Wildman–Crippen MR) is 43.1 cm³/mol. The Kier molecular flexibility index (Phi) is 2.46. The highest BCUT2D eigenvalue weighted by Gasteiger charge is 2.47. The van der Waals surface area contributed by atoms with Crippen LogP contribution in [-0.4, -0.2) is 0 Å². The molecule has 0 saturated carbocycles. The summed E-state index contributed by atoms with van der Waals surface area (Å²) in [6.07, 6.45) is -5.21. The fraction of sp³-hybridized carbons (Fsp3) is 0.143. The summed E-state index contributed by atoms with van der Waals surface area (Å²) in [5.74, 6) is 0. The molecule has 0 spiro atoms. The third kappa shape index (κ3) is 2.77. The molecule has 1 aromatic rings. The molecule has 0 amide bonds. The zero-order chi connectivity index (χ0) is 11.9. The third-order valence-corrected chi connectivity index (χ3v) is 2.69. The average molecular weight is 254 g/mol. The van der Waals surface area contributed by atoms with Gasteiger partial charge >= 0.3 is 6.18 Å². The number of alkyl halides is 3. The molecule has 15 heavy (non-hydrogen) atoms. The second-order valence-corrected chi connectivity index (χ2v) is 4.66. The van der Waals surface area contributed by atoms with Gasteiger partial charge in [-0.1, -0.05) is 12.1 Å². The van der Waals surface area contributed by atoms with Gasteiger partial charge in [-0.25, -0.2) is 0 Å². The summed E-state index contributed by atoms with van der Waals surface area (Å²) in [6, 6.07) is 1.79. The number of thiol groups is 1. The summed E-state index contributed by atoms with van der Waals surface area (Å²) >= 11 is 0. The molecule has 0 nitrogen and oxygen atoms in total. The van der Waals surface area contributed by atoms with E-state index in [-0.39, 0.29) is 12.1 Å². The van der Waals surface area contributed by atoms with Crippen molar-refractivity contribution in [1.82, 2.24) is 0 Å². The highest BCUT2D eigenvalue weighted by molar-refractivity contribution is 8.33. The van der Waals surface area contributed by atoms with E-state index in [0.717, 1.165) is 6.07 Å². The van der Waals surface area contributed by atoms with Crippen molar-refractivity contribution in [2.75, 3.05) is 0 Å². The predicted octanol–water partition coefficient (Wildman–Crippen LogP) is 4.67. The molecule has 1 aromatic carbocycles. The fourth-order valence-electron chi connectivity index (χ4n) is 1.01. The molecule has 0 bridgehead atoms. The normalized spacial score (nSPS) is 15.8. The number of benzene rings is 1. The molecular weight excluding hydrogens is 249 g/mol. The lowest BCUT2D eigenvalue weighted by Gasteiger charge is -2.31. The van der Waals surface area contributed by atoms with Gasteiger partial charge in [0.05, 0.1) is 10.5 Å². The lowest BCUT2D eigenvalue weighted by molar-refractivity contribution is -0.140. The van der Waals surface area contributed by atoms with Gasteiger partial charge in [-0.2, -0.15) is 13.2 Å². The van der Waals surface area contributed by atoms with Crippen molar-refractivity contribution in [3.63, 3.8) is 0 Å². The van der Waals surface area contributed by atoms with Gasteiger partial charge < -0.3 is 0 Å². The Morgan fingerprint density at radius 2 is 1.33 bits per heavy atom. The topological polar surface area (TPSA) is 0 Å². The van der Waals surface area contributed by atoms with E-state index in [1.54, 1.807) is 0 Å². The van der Waals surface area contributed by atoms with E-state index in [1.807, 2.05) is 0 Å². The molecular formula is C7H5F7S. The Bertz CT molecular complexity index is 366. The maximum absolute atomic E-state index is 12.2. The van der Waals surface area contributed by atoms with Crippen molar-refractivity contribution in [2.45, 2.75) is 11.1 Å². The van der Waals surface area contributed by atoms with Crippen LogP contribution in [0.1, 0.15) is 5.56 Å². The minimum absolute atomic E-state index is 0.0979. The van der Waals surface area contributed by atoms with Crippen LogP contribution in [-0.2, 0) is 6.18 Å². The van der Waals surface area contributed by atoms with E-state index in [2.05, 4.69) is 0 Å². The molecule has 0 radical (unpaired) electrons. The Hall–Kier alpha value is -0.920. The zero-order valence-corrected chi connectivity index (χ0v) is 7.80. The molecule has 0 aliphatic rings. The molecule has 0 aromatic heterocycles. The van der Waals surface area contributed by atoms with Crippen molar-refractivity contribution in [1.29, 1.82) is 0 Å². The van der Waals surface area contributed by atoms with Crippen LogP contribution in [0, 0.1) is 0 Å². The Balaban J connectivity index is 3.45. The molecule has 0 unspecified atom stereocenters. The minimum Gasteiger partial charge on any atom is -0.166 e. The standard InChI is InChI=1S/C7H5F7S/c8-7(9,10)5-3-1-2-4-6(5)15(11,12,13)14/h1-4,15H. The Labute approximate surface area is 81.2 Å². The van der Waals surface area contributed by atoms with Crippen LogP contribution in [0.2, 0.25) is 0 Å². The quantitative estimate of drug-likeness (QED) is 0.546. The SMILES string of the molecule is FC(F)(F)c1ccccc1[SH](F)(F)(F)F. The van der Waals surface area contributed by atoms with Gasteiger partial charge in [0.15, 0.2) is 10.7 Å². The van der Waals surface area contributed by atoms with E-state index in [4.69, 9.17) is 0 Å². The Morgan fingerprint density at radius 1 is 0.867 bits per heavy atom. The van der Waals surface area contributed by atoms with Gasteiger partial charge in [-0.3, -0.25) is 0 Å². The number of halogens is 7. The Morgan fingerprint density at radius 3 is 1.67 bits per heavy atom. The van der Waals surface area contributed by atoms with Crippen LogP contribution in [0.25, 0.3) is 0 Å². The van der Waals surface area contributed by atoms with Crippen LogP contribution in [0.3, 0.4) is 0 Å². The van der Waals surface area contributed by atoms with E-state index in [1.165, 1.54) is 0 Å². The maximum atomic E-state index is 12.2. The second kappa shape index (κ2) is 3.03. The molecule has 1 rings (SSSR count).